The van der Waals surface area contributed by atoms with Crippen LogP contribution in [0.2, 0.25) is 0 Å². The zero-order chi connectivity index (χ0) is 16.5. The standard InChI is InChI=1S/C17H18N2O5/c1-11-9-21-5-4-19(11)17(20)15-16(24-10-18-15)12-2-3-13-14(8-12)23-7-6-22-13/h2-3,8,10-11H,4-7,9H2,1H3/t11-/m1/s1. The molecule has 2 aliphatic rings. The number of hydrogen-bond donors (Lipinski definition) is 0. The Hall–Kier alpha value is -2.54. The van der Waals surface area contributed by atoms with Gasteiger partial charge in [-0.05, 0) is 25.1 Å². The van der Waals surface area contributed by atoms with E-state index in [4.69, 9.17) is 18.6 Å². The van der Waals surface area contributed by atoms with E-state index in [-0.39, 0.29) is 11.9 Å². The van der Waals surface area contributed by atoms with Crippen LogP contribution in [0.1, 0.15) is 17.4 Å². The van der Waals surface area contributed by atoms with Gasteiger partial charge in [0, 0.05) is 12.1 Å². The number of amides is 1. The van der Waals surface area contributed by atoms with Gasteiger partial charge < -0.3 is 23.5 Å². The molecule has 2 aromatic rings. The molecule has 0 spiro atoms. The Bertz CT molecular complexity index is 757. The number of rotatable bonds is 2. The lowest BCUT2D eigenvalue weighted by molar-refractivity contribution is 0.00332. The summed E-state index contributed by atoms with van der Waals surface area (Å²) >= 11 is 0. The summed E-state index contributed by atoms with van der Waals surface area (Å²) in [4.78, 5) is 18.8. The fourth-order valence-electron chi connectivity index (χ4n) is 2.95. The van der Waals surface area contributed by atoms with E-state index in [9.17, 15) is 4.79 Å². The summed E-state index contributed by atoms with van der Waals surface area (Å²) in [6.07, 6.45) is 1.30. The molecule has 0 bridgehead atoms. The van der Waals surface area contributed by atoms with Crippen molar-refractivity contribution in [3.05, 3.63) is 30.3 Å². The third kappa shape index (κ3) is 2.60. The van der Waals surface area contributed by atoms with E-state index in [0.29, 0.717) is 55.9 Å². The fourth-order valence-corrected chi connectivity index (χ4v) is 2.95. The van der Waals surface area contributed by atoms with Gasteiger partial charge in [-0.3, -0.25) is 4.79 Å². The van der Waals surface area contributed by atoms with Crippen LogP contribution in [0.3, 0.4) is 0 Å². The molecule has 1 amide bonds. The van der Waals surface area contributed by atoms with Crippen molar-refractivity contribution >= 4 is 5.91 Å². The first-order valence-electron chi connectivity index (χ1n) is 7.96. The molecule has 0 aliphatic carbocycles. The van der Waals surface area contributed by atoms with Crippen LogP contribution >= 0.6 is 0 Å². The normalized spacial score (nSPS) is 20.0. The number of fused-ring (bicyclic) bond motifs is 1. The van der Waals surface area contributed by atoms with Gasteiger partial charge in [-0.25, -0.2) is 4.98 Å². The number of ether oxygens (including phenoxy) is 3. The molecule has 0 unspecified atom stereocenters. The Morgan fingerprint density at radius 3 is 2.88 bits per heavy atom. The monoisotopic (exact) mass is 330 g/mol. The molecule has 126 valence electrons. The molecule has 2 aliphatic heterocycles. The number of aromatic nitrogens is 1. The van der Waals surface area contributed by atoms with E-state index in [1.165, 1.54) is 6.39 Å². The van der Waals surface area contributed by atoms with Gasteiger partial charge in [0.05, 0.1) is 19.3 Å². The van der Waals surface area contributed by atoms with Crippen LogP contribution in [-0.2, 0) is 4.74 Å². The van der Waals surface area contributed by atoms with Crippen molar-refractivity contribution in [3.63, 3.8) is 0 Å². The highest BCUT2D eigenvalue weighted by Gasteiger charge is 2.29. The van der Waals surface area contributed by atoms with Crippen LogP contribution in [0, 0.1) is 0 Å². The maximum absolute atomic E-state index is 12.8. The van der Waals surface area contributed by atoms with Gasteiger partial charge in [-0.1, -0.05) is 0 Å². The molecule has 7 heteroatoms. The third-order valence-electron chi connectivity index (χ3n) is 4.20. The lowest BCUT2D eigenvalue weighted by Crippen LogP contribution is -2.47. The minimum absolute atomic E-state index is 0.0102. The van der Waals surface area contributed by atoms with E-state index in [0.717, 1.165) is 5.56 Å². The minimum atomic E-state index is -0.149. The molecule has 0 saturated carbocycles. The van der Waals surface area contributed by atoms with Crippen molar-refractivity contribution in [2.45, 2.75) is 13.0 Å². The van der Waals surface area contributed by atoms with Crippen molar-refractivity contribution in [1.29, 1.82) is 0 Å². The Balaban J connectivity index is 1.66. The Labute approximate surface area is 139 Å². The van der Waals surface area contributed by atoms with E-state index < -0.39 is 0 Å². The summed E-state index contributed by atoms with van der Waals surface area (Å²) in [5.74, 6) is 1.63. The smallest absolute Gasteiger partial charge is 0.276 e. The molecule has 24 heavy (non-hydrogen) atoms. The van der Waals surface area contributed by atoms with Gasteiger partial charge >= 0.3 is 0 Å². The van der Waals surface area contributed by atoms with Crippen molar-refractivity contribution in [2.24, 2.45) is 0 Å². The highest BCUT2D eigenvalue weighted by molar-refractivity contribution is 5.98. The van der Waals surface area contributed by atoms with Crippen LogP contribution < -0.4 is 9.47 Å². The van der Waals surface area contributed by atoms with Gasteiger partial charge in [-0.15, -0.1) is 0 Å². The zero-order valence-corrected chi connectivity index (χ0v) is 13.4. The maximum Gasteiger partial charge on any atom is 0.276 e. The van der Waals surface area contributed by atoms with Gasteiger partial charge in [-0.2, -0.15) is 0 Å². The summed E-state index contributed by atoms with van der Waals surface area (Å²) in [5.41, 5.74) is 1.04. The number of nitrogens with zero attached hydrogens (tertiary/aromatic N) is 2. The SMILES string of the molecule is C[C@@H]1COCCN1C(=O)c1ncoc1-c1ccc2c(c1)OCCO2. The number of morpholine rings is 1. The second kappa shape index (κ2) is 6.16. The fraction of sp³-hybridized carbons (Fsp3) is 0.412. The van der Waals surface area contributed by atoms with Crippen LogP contribution in [0.5, 0.6) is 11.5 Å². The van der Waals surface area contributed by atoms with Crippen molar-refractivity contribution in [3.8, 4) is 22.8 Å². The molecule has 1 fully saturated rings. The van der Waals surface area contributed by atoms with Crippen LogP contribution in [0.15, 0.2) is 29.0 Å². The Morgan fingerprint density at radius 1 is 1.21 bits per heavy atom. The summed E-state index contributed by atoms with van der Waals surface area (Å²) < 4.78 is 22.0. The van der Waals surface area contributed by atoms with E-state index in [1.807, 2.05) is 25.1 Å². The summed E-state index contributed by atoms with van der Waals surface area (Å²) in [5, 5.41) is 0. The first-order chi connectivity index (χ1) is 11.7. The average molecular weight is 330 g/mol. The van der Waals surface area contributed by atoms with E-state index in [2.05, 4.69) is 4.98 Å². The summed E-state index contributed by atoms with van der Waals surface area (Å²) in [6, 6.07) is 5.48. The molecular formula is C17H18N2O5. The topological polar surface area (TPSA) is 74.0 Å². The lowest BCUT2D eigenvalue weighted by Gasteiger charge is -2.32. The predicted octanol–water partition coefficient (Wildman–Crippen LogP) is 1.97. The second-order valence-corrected chi connectivity index (χ2v) is 5.81. The van der Waals surface area contributed by atoms with Crippen molar-refractivity contribution in [2.75, 3.05) is 33.0 Å². The largest absolute Gasteiger partial charge is 0.486 e. The highest BCUT2D eigenvalue weighted by Crippen LogP contribution is 2.35. The minimum Gasteiger partial charge on any atom is -0.486 e. The molecule has 1 saturated heterocycles. The van der Waals surface area contributed by atoms with Crippen molar-refractivity contribution < 1.29 is 23.4 Å². The predicted molar refractivity (Wildman–Crippen MR) is 84.2 cm³/mol. The first kappa shape index (κ1) is 15.0. The molecular weight excluding hydrogens is 312 g/mol. The maximum atomic E-state index is 12.8. The van der Waals surface area contributed by atoms with Crippen molar-refractivity contribution in [1.82, 2.24) is 9.88 Å². The number of carbonyl (C=O) groups excluding carboxylic acids is 1. The third-order valence-corrected chi connectivity index (χ3v) is 4.20. The van der Waals surface area contributed by atoms with Crippen LogP contribution in [0.25, 0.3) is 11.3 Å². The van der Waals surface area contributed by atoms with Gasteiger partial charge in [0.1, 0.15) is 13.2 Å². The molecule has 1 aromatic carbocycles. The summed E-state index contributed by atoms with van der Waals surface area (Å²) in [7, 11) is 0. The molecule has 3 heterocycles. The van der Waals surface area contributed by atoms with Crippen LogP contribution in [0.4, 0.5) is 0 Å². The number of carbonyl (C=O) groups is 1. The van der Waals surface area contributed by atoms with Crippen LogP contribution in [-0.4, -0.2) is 54.8 Å². The molecule has 7 nitrogen and oxygen atoms in total. The molecule has 0 N–H and O–H groups in total. The number of oxazole rings is 1. The zero-order valence-electron chi connectivity index (χ0n) is 13.4. The summed E-state index contributed by atoms with van der Waals surface area (Å²) in [6.45, 7) is 4.61. The molecule has 1 aromatic heterocycles. The number of benzene rings is 1. The molecule has 1 atom stereocenters. The highest BCUT2D eigenvalue weighted by atomic mass is 16.6. The average Bonchev–Trinajstić information content (AvgIpc) is 3.11. The quantitative estimate of drug-likeness (QED) is 0.838. The Kier molecular flexibility index (Phi) is 3.86. The Morgan fingerprint density at radius 2 is 2.04 bits per heavy atom. The lowest BCUT2D eigenvalue weighted by atomic mass is 10.1. The van der Waals surface area contributed by atoms with E-state index in [1.54, 1.807) is 4.90 Å². The number of hydrogen-bond acceptors (Lipinski definition) is 6. The van der Waals surface area contributed by atoms with Gasteiger partial charge in [0.25, 0.3) is 5.91 Å². The van der Waals surface area contributed by atoms with Gasteiger partial charge in [0.15, 0.2) is 29.3 Å². The van der Waals surface area contributed by atoms with Gasteiger partial charge in [0.2, 0.25) is 0 Å². The van der Waals surface area contributed by atoms with E-state index >= 15 is 0 Å². The first-order valence-corrected chi connectivity index (χ1v) is 7.96. The molecule has 4 rings (SSSR count). The second-order valence-electron chi connectivity index (χ2n) is 5.81. The molecule has 0 radical (unpaired) electrons.